The Morgan fingerprint density at radius 1 is 0.714 bits per heavy atom. The van der Waals surface area contributed by atoms with E-state index in [1.54, 1.807) is 0 Å². The third-order valence-electron chi connectivity index (χ3n) is 3.39. The first-order valence-corrected chi connectivity index (χ1v) is 5.68. The number of fused-ring (bicyclic) bond motifs is 3. The van der Waals surface area contributed by atoms with Crippen molar-refractivity contribution in [2.75, 3.05) is 0 Å². The molecule has 0 aliphatic carbocycles. The van der Waals surface area contributed by atoms with Gasteiger partial charge in [0.15, 0.2) is 34.9 Å². The van der Waals surface area contributed by atoms with Crippen molar-refractivity contribution in [3.8, 4) is 0 Å². The fraction of sp³-hybridized carbons (Fsp3) is 0.0714. The summed E-state index contributed by atoms with van der Waals surface area (Å²) in [5, 5.41) is -2.21. The predicted molar refractivity (Wildman–Crippen MR) is 65.5 cm³/mol. The lowest BCUT2D eigenvalue weighted by atomic mass is 9.95. The molecule has 0 radical (unpaired) electrons. The first-order valence-electron chi connectivity index (χ1n) is 5.68. The zero-order chi connectivity index (χ0) is 15.6. The number of benzene rings is 2. The third-order valence-corrected chi connectivity index (χ3v) is 3.39. The van der Waals surface area contributed by atoms with Gasteiger partial charge in [-0.1, -0.05) is 6.58 Å². The van der Waals surface area contributed by atoms with Crippen LogP contribution in [0.1, 0.15) is 12.5 Å². The second kappa shape index (κ2) is 4.09. The molecule has 0 spiro atoms. The molecule has 0 atom stereocenters. The molecule has 0 N–H and O–H groups in total. The lowest BCUT2D eigenvalue weighted by Gasteiger charge is -2.11. The summed E-state index contributed by atoms with van der Waals surface area (Å²) in [5.74, 6) is -11.5. The van der Waals surface area contributed by atoms with E-state index in [1.807, 2.05) is 0 Å². The Kier molecular flexibility index (Phi) is 2.66. The molecule has 2 aromatic carbocycles. The Balaban J connectivity index is 2.68. The number of hydrogen-bond donors (Lipinski definition) is 0. The summed E-state index contributed by atoms with van der Waals surface area (Å²) in [6.07, 6.45) is 0. The number of halogens is 6. The summed E-state index contributed by atoms with van der Waals surface area (Å²) in [6, 6.07) is 0. The number of allylic oxidation sites excluding steroid dienone is 1. The maximum Gasteiger partial charge on any atom is 0.198 e. The summed E-state index contributed by atoms with van der Waals surface area (Å²) in [6.45, 7) is 4.88. The molecule has 21 heavy (non-hydrogen) atoms. The van der Waals surface area contributed by atoms with Crippen LogP contribution in [-0.2, 0) is 0 Å². The van der Waals surface area contributed by atoms with Crippen molar-refractivity contribution in [3.05, 3.63) is 47.0 Å². The van der Waals surface area contributed by atoms with Crippen LogP contribution < -0.4 is 0 Å². The van der Waals surface area contributed by atoms with Gasteiger partial charge in [-0.15, -0.1) is 0 Å². The number of hydrogen-bond acceptors (Lipinski definition) is 1. The summed E-state index contributed by atoms with van der Waals surface area (Å²) in [7, 11) is 0. The summed E-state index contributed by atoms with van der Waals surface area (Å²) >= 11 is 0. The van der Waals surface area contributed by atoms with E-state index in [4.69, 9.17) is 0 Å². The normalized spacial score (nSPS) is 13.9. The molecule has 0 fully saturated rings. The van der Waals surface area contributed by atoms with Gasteiger partial charge in [-0.25, -0.2) is 31.3 Å². The highest BCUT2D eigenvalue weighted by molar-refractivity contribution is 6.30. The Labute approximate surface area is 114 Å². The van der Waals surface area contributed by atoms with E-state index in [-0.39, 0.29) is 16.8 Å². The summed E-state index contributed by atoms with van der Waals surface area (Å²) in [5.41, 5.74) is -0.859. The van der Waals surface area contributed by atoms with Crippen molar-refractivity contribution in [2.24, 2.45) is 4.99 Å². The second-order valence-electron chi connectivity index (χ2n) is 4.53. The molecule has 0 aromatic heterocycles. The average Bonchev–Trinajstić information content (AvgIpc) is 2.74. The quantitative estimate of drug-likeness (QED) is 0.377. The van der Waals surface area contributed by atoms with E-state index in [9.17, 15) is 26.3 Å². The second-order valence-corrected chi connectivity index (χ2v) is 4.53. The van der Waals surface area contributed by atoms with Gasteiger partial charge in [0.05, 0.1) is 5.39 Å². The van der Waals surface area contributed by atoms with E-state index in [1.165, 1.54) is 6.92 Å². The highest BCUT2D eigenvalue weighted by Crippen LogP contribution is 2.45. The van der Waals surface area contributed by atoms with Crippen LogP contribution in [0.25, 0.3) is 16.3 Å². The lowest BCUT2D eigenvalue weighted by Crippen LogP contribution is -2.04. The maximum absolute atomic E-state index is 13.9. The fourth-order valence-electron chi connectivity index (χ4n) is 2.33. The Morgan fingerprint density at radius 3 is 1.76 bits per heavy atom. The molecule has 2 aromatic rings. The Bertz CT molecular complexity index is 882. The van der Waals surface area contributed by atoms with Crippen molar-refractivity contribution >= 4 is 27.7 Å². The van der Waals surface area contributed by atoms with Crippen LogP contribution in [0.4, 0.5) is 32.0 Å². The van der Waals surface area contributed by atoms with Gasteiger partial charge >= 0.3 is 0 Å². The Hall–Kier alpha value is -2.31. The van der Waals surface area contributed by atoms with Gasteiger partial charge in [0, 0.05) is 16.7 Å². The fourth-order valence-corrected chi connectivity index (χ4v) is 2.33. The van der Waals surface area contributed by atoms with Gasteiger partial charge in [0.1, 0.15) is 5.69 Å². The molecule has 0 saturated carbocycles. The van der Waals surface area contributed by atoms with E-state index < -0.39 is 51.4 Å². The van der Waals surface area contributed by atoms with E-state index in [0.29, 0.717) is 0 Å². The van der Waals surface area contributed by atoms with Crippen LogP contribution in [0.2, 0.25) is 0 Å². The van der Waals surface area contributed by atoms with Crippen molar-refractivity contribution in [3.63, 3.8) is 0 Å². The van der Waals surface area contributed by atoms with E-state index >= 15 is 0 Å². The number of nitrogens with zero attached hydrogens (tertiary/aromatic N) is 1. The molecule has 1 aliphatic heterocycles. The predicted octanol–water partition coefficient (Wildman–Crippen LogP) is 4.79. The van der Waals surface area contributed by atoms with Crippen molar-refractivity contribution in [2.45, 2.75) is 6.92 Å². The molecule has 3 rings (SSSR count). The van der Waals surface area contributed by atoms with E-state index in [0.717, 1.165) is 0 Å². The maximum atomic E-state index is 13.9. The van der Waals surface area contributed by atoms with Gasteiger partial charge in [0.25, 0.3) is 0 Å². The van der Waals surface area contributed by atoms with Crippen LogP contribution >= 0.6 is 0 Å². The van der Waals surface area contributed by atoms with Crippen LogP contribution in [0.5, 0.6) is 0 Å². The average molecular weight is 301 g/mol. The third kappa shape index (κ3) is 1.51. The van der Waals surface area contributed by atoms with Crippen molar-refractivity contribution in [1.82, 2.24) is 0 Å². The zero-order valence-corrected chi connectivity index (χ0v) is 10.4. The van der Waals surface area contributed by atoms with E-state index in [2.05, 4.69) is 11.6 Å². The minimum Gasteiger partial charge on any atom is -0.249 e. The summed E-state index contributed by atoms with van der Waals surface area (Å²) in [4.78, 5) is 3.66. The van der Waals surface area contributed by atoms with Gasteiger partial charge < -0.3 is 0 Å². The first-order chi connectivity index (χ1) is 9.77. The molecule has 0 bridgehead atoms. The highest BCUT2D eigenvalue weighted by Gasteiger charge is 2.33. The monoisotopic (exact) mass is 301 g/mol. The van der Waals surface area contributed by atoms with Gasteiger partial charge in [-0.3, -0.25) is 0 Å². The molecular weight excluding hydrogens is 296 g/mol. The molecule has 1 heterocycles. The molecule has 1 aliphatic rings. The number of aliphatic imine (C=N–C) groups is 1. The minimum absolute atomic E-state index is 0.0155. The largest absolute Gasteiger partial charge is 0.249 e. The molecule has 0 amide bonds. The standard InChI is InChI=1S/C14H5F6N/c1-3-4(2)21-14-5(3)6-7(10(17)13(14)20)9(16)12(19)11(18)8(6)15/h1H2,2H3. The van der Waals surface area contributed by atoms with Crippen LogP contribution in [0, 0.1) is 34.9 Å². The first kappa shape index (κ1) is 13.7. The molecule has 7 heteroatoms. The minimum atomic E-state index is -2.21. The molecule has 1 nitrogen and oxygen atoms in total. The van der Waals surface area contributed by atoms with Gasteiger partial charge in [-0.2, -0.15) is 0 Å². The van der Waals surface area contributed by atoms with Crippen molar-refractivity contribution < 1.29 is 26.3 Å². The molecule has 108 valence electrons. The van der Waals surface area contributed by atoms with Crippen molar-refractivity contribution in [1.29, 1.82) is 0 Å². The van der Waals surface area contributed by atoms with Gasteiger partial charge in [0.2, 0.25) is 0 Å². The topological polar surface area (TPSA) is 12.4 Å². The summed E-state index contributed by atoms with van der Waals surface area (Å²) < 4.78 is 82.0. The highest BCUT2D eigenvalue weighted by atomic mass is 19.2. The molecule has 0 saturated heterocycles. The smallest absolute Gasteiger partial charge is 0.198 e. The number of rotatable bonds is 0. The Morgan fingerprint density at radius 2 is 1.19 bits per heavy atom. The SMILES string of the molecule is C=C1C(C)=Nc2c(F)c(F)c3c(F)c(F)c(F)c(F)c3c21. The molecule has 0 unspecified atom stereocenters. The zero-order valence-electron chi connectivity index (χ0n) is 10.4. The van der Waals surface area contributed by atoms with Gasteiger partial charge in [-0.05, 0) is 12.5 Å². The lowest BCUT2D eigenvalue weighted by molar-refractivity contribution is 0.414. The molecular formula is C14H5F6N. The van der Waals surface area contributed by atoms with Crippen LogP contribution in [0.15, 0.2) is 11.6 Å². The van der Waals surface area contributed by atoms with Crippen LogP contribution in [0.3, 0.4) is 0 Å². The van der Waals surface area contributed by atoms with Crippen LogP contribution in [-0.4, -0.2) is 5.71 Å².